The highest BCUT2D eigenvalue weighted by atomic mass is 32.2. The standard InChI is InChI=1S/C24H31N3O2S/c1-18-5-3-7-20(13-18)15-27-11-9-21(10-12-27)25-23(28)16-30-17-24(29)26-22-8-4-6-19(2)14-22/h3-8,13-14,21H,9-12,15-17H2,1-2H3,(H,25,28)(H,26,29). The van der Waals surface area contributed by atoms with Gasteiger partial charge in [0, 0.05) is 31.4 Å². The zero-order chi connectivity index (χ0) is 21.3. The summed E-state index contributed by atoms with van der Waals surface area (Å²) in [6.07, 6.45) is 1.94. The van der Waals surface area contributed by atoms with E-state index in [9.17, 15) is 9.59 Å². The number of anilines is 1. The van der Waals surface area contributed by atoms with Crippen LogP contribution in [0.2, 0.25) is 0 Å². The van der Waals surface area contributed by atoms with Crippen LogP contribution in [-0.2, 0) is 16.1 Å². The number of nitrogens with one attached hydrogen (secondary N) is 2. The van der Waals surface area contributed by atoms with E-state index in [0.717, 1.165) is 43.7 Å². The summed E-state index contributed by atoms with van der Waals surface area (Å²) in [4.78, 5) is 26.7. The Hall–Kier alpha value is -2.31. The summed E-state index contributed by atoms with van der Waals surface area (Å²) in [6, 6.07) is 16.6. The first-order valence-corrected chi connectivity index (χ1v) is 11.6. The number of thioether (sulfide) groups is 1. The Bertz CT molecular complexity index is 863. The van der Waals surface area contributed by atoms with Crippen molar-refractivity contribution in [3.8, 4) is 0 Å². The van der Waals surface area contributed by atoms with Crippen LogP contribution in [0.15, 0.2) is 48.5 Å². The van der Waals surface area contributed by atoms with Gasteiger partial charge < -0.3 is 10.6 Å². The summed E-state index contributed by atoms with van der Waals surface area (Å²) in [5.74, 6) is 0.518. The van der Waals surface area contributed by atoms with E-state index in [0.29, 0.717) is 5.75 Å². The molecule has 30 heavy (non-hydrogen) atoms. The third-order valence-electron chi connectivity index (χ3n) is 5.21. The topological polar surface area (TPSA) is 61.4 Å². The summed E-state index contributed by atoms with van der Waals surface area (Å²) >= 11 is 1.35. The van der Waals surface area contributed by atoms with Gasteiger partial charge in [-0.15, -0.1) is 11.8 Å². The van der Waals surface area contributed by atoms with E-state index < -0.39 is 0 Å². The largest absolute Gasteiger partial charge is 0.353 e. The Morgan fingerprint density at radius 1 is 0.967 bits per heavy atom. The van der Waals surface area contributed by atoms with Crippen molar-refractivity contribution in [2.24, 2.45) is 0 Å². The number of hydrogen-bond acceptors (Lipinski definition) is 4. The number of nitrogens with zero attached hydrogens (tertiary/aromatic N) is 1. The van der Waals surface area contributed by atoms with Crippen LogP contribution in [-0.4, -0.2) is 47.4 Å². The molecule has 1 aliphatic heterocycles. The molecule has 0 aliphatic carbocycles. The van der Waals surface area contributed by atoms with Crippen LogP contribution in [0.4, 0.5) is 5.69 Å². The van der Waals surface area contributed by atoms with Crippen molar-refractivity contribution in [1.82, 2.24) is 10.2 Å². The minimum Gasteiger partial charge on any atom is -0.353 e. The van der Waals surface area contributed by atoms with Crippen LogP contribution >= 0.6 is 11.8 Å². The third kappa shape index (κ3) is 7.50. The molecule has 1 aliphatic rings. The Morgan fingerprint density at radius 3 is 2.33 bits per heavy atom. The van der Waals surface area contributed by atoms with Crippen LogP contribution in [0, 0.1) is 13.8 Å². The first kappa shape index (κ1) is 22.4. The minimum absolute atomic E-state index is 0.0143. The second-order valence-corrected chi connectivity index (χ2v) is 9.00. The van der Waals surface area contributed by atoms with Gasteiger partial charge in [0.15, 0.2) is 0 Å². The van der Waals surface area contributed by atoms with Gasteiger partial charge in [-0.3, -0.25) is 14.5 Å². The molecule has 1 heterocycles. The van der Waals surface area contributed by atoms with Gasteiger partial charge in [0.2, 0.25) is 11.8 Å². The summed E-state index contributed by atoms with van der Waals surface area (Å²) in [5.41, 5.74) is 4.53. The summed E-state index contributed by atoms with van der Waals surface area (Å²) in [6.45, 7) is 7.06. The Balaban J connectivity index is 1.30. The number of piperidine rings is 1. The summed E-state index contributed by atoms with van der Waals surface area (Å²) in [7, 11) is 0. The molecule has 6 heteroatoms. The molecule has 0 saturated carbocycles. The van der Waals surface area contributed by atoms with Crippen LogP contribution in [0.25, 0.3) is 0 Å². The van der Waals surface area contributed by atoms with E-state index in [-0.39, 0.29) is 23.6 Å². The first-order chi connectivity index (χ1) is 14.5. The normalized spacial score (nSPS) is 15.0. The van der Waals surface area contributed by atoms with Gasteiger partial charge in [0.05, 0.1) is 11.5 Å². The number of likely N-dealkylation sites (tertiary alicyclic amines) is 1. The monoisotopic (exact) mass is 425 g/mol. The lowest BCUT2D eigenvalue weighted by molar-refractivity contribution is -0.119. The van der Waals surface area contributed by atoms with E-state index in [2.05, 4.69) is 46.7 Å². The van der Waals surface area contributed by atoms with Crippen molar-refractivity contribution in [2.45, 2.75) is 39.3 Å². The molecule has 160 valence electrons. The van der Waals surface area contributed by atoms with Gasteiger partial charge in [-0.2, -0.15) is 0 Å². The Morgan fingerprint density at radius 2 is 1.63 bits per heavy atom. The number of carbonyl (C=O) groups is 2. The lowest BCUT2D eigenvalue weighted by Crippen LogP contribution is -2.44. The number of rotatable bonds is 8. The smallest absolute Gasteiger partial charge is 0.234 e. The quantitative estimate of drug-likeness (QED) is 0.676. The zero-order valence-electron chi connectivity index (χ0n) is 17.8. The van der Waals surface area contributed by atoms with Crippen LogP contribution in [0.5, 0.6) is 0 Å². The van der Waals surface area contributed by atoms with Gasteiger partial charge in [0.1, 0.15) is 0 Å². The minimum atomic E-state index is -0.0807. The van der Waals surface area contributed by atoms with Crippen LogP contribution in [0.1, 0.15) is 29.5 Å². The summed E-state index contributed by atoms with van der Waals surface area (Å²) in [5, 5.41) is 5.99. The number of hydrogen-bond donors (Lipinski definition) is 2. The second kappa shape index (κ2) is 11.2. The van der Waals surface area contributed by atoms with Crippen molar-refractivity contribution in [3.63, 3.8) is 0 Å². The van der Waals surface area contributed by atoms with Gasteiger partial charge in [-0.1, -0.05) is 42.0 Å². The first-order valence-electron chi connectivity index (χ1n) is 10.5. The highest BCUT2D eigenvalue weighted by Crippen LogP contribution is 2.15. The van der Waals surface area contributed by atoms with Crippen molar-refractivity contribution in [2.75, 3.05) is 29.9 Å². The number of aryl methyl sites for hydroxylation is 2. The maximum absolute atomic E-state index is 12.2. The van der Waals surface area contributed by atoms with Gasteiger partial charge in [-0.05, 0) is 49.9 Å². The fourth-order valence-electron chi connectivity index (χ4n) is 3.73. The fraction of sp³-hybridized carbons (Fsp3) is 0.417. The van der Waals surface area contributed by atoms with Crippen LogP contribution in [0.3, 0.4) is 0 Å². The van der Waals surface area contributed by atoms with E-state index >= 15 is 0 Å². The molecule has 1 fully saturated rings. The van der Waals surface area contributed by atoms with Crippen LogP contribution < -0.4 is 10.6 Å². The second-order valence-electron chi connectivity index (χ2n) is 8.02. The Kier molecular flexibility index (Phi) is 8.34. The molecule has 0 aromatic heterocycles. The molecule has 0 bridgehead atoms. The number of carbonyl (C=O) groups excluding carboxylic acids is 2. The molecular weight excluding hydrogens is 394 g/mol. The molecule has 0 atom stereocenters. The average Bonchev–Trinajstić information content (AvgIpc) is 2.69. The third-order valence-corrected chi connectivity index (χ3v) is 6.14. The SMILES string of the molecule is Cc1cccc(CN2CCC(NC(=O)CSCC(=O)Nc3cccc(C)c3)CC2)c1. The lowest BCUT2D eigenvalue weighted by Gasteiger charge is -2.32. The Labute approximate surface area is 183 Å². The maximum atomic E-state index is 12.2. The van der Waals surface area contributed by atoms with Crippen molar-refractivity contribution >= 4 is 29.3 Å². The molecule has 2 N–H and O–H groups in total. The molecular formula is C24H31N3O2S. The molecule has 2 amide bonds. The molecule has 0 spiro atoms. The van der Waals surface area contributed by atoms with Gasteiger partial charge >= 0.3 is 0 Å². The molecule has 1 saturated heterocycles. The van der Waals surface area contributed by atoms with Gasteiger partial charge in [0.25, 0.3) is 0 Å². The molecule has 3 rings (SSSR count). The van der Waals surface area contributed by atoms with Crippen molar-refractivity contribution in [1.29, 1.82) is 0 Å². The van der Waals surface area contributed by atoms with E-state index in [1.165, 1.54) is 22.9 Å². The molecule has 5 nitrogen and oxygen atoms in total. The van der Waals surface area contributed by atoms with Gasteiger partial charge in [-0.25, -0.2) is 0 Å². The maximum Gasteiger partial charge on any atom is 0.234 e. The predicted molar refractivity (Wildman–Crippen MR) is 125 cm³/mol. The molecule has 0 unspecified atom stereocenters. The number of amides is 2. The highest BCUT2D eigenvalue weighted by Gasteiger charge is 2.20. The van der Waals surface area contributed by atoms with Crippen molar-refractivity contribution < 1.29 is 9.59 Å². The predicted octanol–water partition coefficient (Wildman–Crippen LogP) is 3.76. The van der Waals surface area contributed by atoms with E-state index in [1.807, 2.05) is 31.2 Å². The highest BCUT2D eigenvalue weighted by molar-refractivity contribution is 8.00. The average molecular weight is 426 g/mol. The molecule has 2 aromatic carbocycles. The van der Waals surface area contributed by atoms with E-state index in [4.69, 9.17) is 0 Å². The lowest BCUT2D eigenvalue weighted by atomic mass is 10.0. The number of benzene rings is 2. The zero-order valence-corrected chi connectivity index (χ0v) is 18.6. The van der Waals surface area contributed by atoms with Crippen molar-refractivity contribution in [3.05, 3.63) is 65.2 Å². The fourth-order valence-corrected chi connectivity index (χ4v) is 4.36. The molecule has 0 radical (unpaired) electrons. The molecule has 2 aromatic rings. The summed E-state index contributed by atoms with van der Waals surface area (Å²) < 4.78 is 0. The van der Waals surface area contributed by atoms with E-state index in [1.54, 1.807) is 0 Å².